The fraction of sp³-hybridized carbons (Fsp3) is 0.667. The Kier molecular flexibility index (Phi) is 1.89. The first-order valence-corrected chi connectivity index (χ1v) is 4.46. The molecule has 3 atom stereocenters. The van der Waals surface area contributed by atoms with Crippen LogP contribution in [0.2, 0.25) is 0 Å². The summed E-state index contributed by atoms with van der Waals surface area (Å²) in [5.41, 5.74) is 6.97. The predicted octanol–water partition coefficient (Wildman–Crippen LogP) is 0.912. The van der Waals surface area contributed by atoms with Crippen LogP contribution >= 0.6 is 0 Å². The highest BCUT2D eigenvalue weighted by atomic mass is 16.6. The van der Waals surface area contributed by atoms with Crippen LogP contribution in [-0.4, -0.2) is 18.4 Å². The molecule has 3 unspecified atom stereocenters. The molecule has 0 heterocycles. The van der Waals surface area contributed by atoms with E-state index in [9.17, 15) is 0 Å². The molecule has 2 rings (SSSR count). The standard InChI is InChI=1S/C9H14N2O/c1-2-12-11-9-7-4-3-6(5-7)8(9)10/h3-4,6-8H,2,5,10H2,1H3. The average molecular weight is 166 g/mol. The van der Waals surface area contributed by atoms with Crippen LogP contribution in [0.25, 0.3) is 0 Å². The summed E-state index contributed by atoms with van der Waals surface area (Å²) in [6.07, 6.45) is 5.51. The molecule has 1 saturated carbocycles. The summed E-state index contributed by atoms with van der Waals surface area (Å²) >= 11 is 0. The Bertz CT molecular complexity index is 235. The fourth-order valence-corrected chi connectivity index (χ4v) is 1.95. The summed E-state index contributed by atoms with van der Waals surface area (Å²) in [5.74, 6) is 0.964. The summed E-state index contributed by atoms with van der Waals surface area (Å²) in [5, 5.41) is 4.05. The van der Waals surface area contributed by atoms with E-state index in [1.807, 2.05) is 6.92 Å². The van der Waals surface area contributed by atoms with Gasteiger partial charge >= 0.3 is 0 Å². The zero-order valence-electron chi connectivity index (χ0n) is 7.23. The van der Waals surface area contributed by atoms with Gasteiger partial charge in [-0.1, -0.05) is 17.3 Å². The first-order valence-electron chi connectivity index (χ1n) is 4.46. The van der Waals surface area contributed by atoms with Gasteiger partial charge in [0.1, 0.15) is 6.61 Å². The van der Waals surface area contributed by atoms with Crippen molar-refractivity contribution < 1.29 is 4.84 Å². The van der Waals surface area contributed by atoms with E-state index in [0.29, 0.717) is 18.4 Å². The number of hydrogen-bond donors (Lipinski definition) is 1. The molecule has 0 radical (unpaired) electrons. The zero-order valence-corrected chi connectivity index (χ0v) is 7.23. The molecule has 0 aromatic rings. The van der Waals surface area contributed by atoms with E-state index in [2.05, 4.69) is 17.3 Å². The molecule has 2 N–H and O–H groups in total. The van der Waals surface area contributed by atoms with Crippen molar-refractivity contribution in [3.05, 3.63) is 12.2 Å². The lowest BCUT2D eigenvalue weighted by Gasteiger charge is -2.13. The Morgan fingerprint density at radius 3 is 3.08 bits per heavy atom. The van der Waals surface area contributed by atoms with E-state index in [0.717, 1.165) is 12.1 Å². The SMILES string of the molecule is CCON=C1C2C=CC(C2)C1N. The summed E-state index contributed by atoms with van der Waals surface area (Å²) < 4.78 is 0. The average Bonchev–Trinajstić information content (AvgIpc) is 2.62. The van der Waals surface area contributed by atoms with Crippen LogP contribution in [0.5, 0.6) is 0 Å². The predicted molar refractivity (Wildman–Crippen MR) is 47.8 cm³/mol. The number of nitrogens with two attached hydrogens (primary N) is 1. The van der Waals surface area contributed by atoms with Crippen LogP contribution < -0.4 is 5.73 Å². The first kappa shape index (κ1) is 7.80. The molecule has 0 saturated heterocycles. The molecular formula is C9H14N2O. The maximum Gasteiger partial charge on any atom is 0.114 e. The van der Waals surface area contributed by atoms with Crippen molar-refractivity contribution in [1.82, 2.24) is 0 Å². The summed E-state index contributed by atoms with van der Waals surface area (Å²) in [4.78, 5) is 5.01. The van der Waals surface area contributed by atoms with Gasteiger partial charge in [-0.2, -0.15) is 0 Å². The molecule has 1 fully saturated rings. The van der Waals surface area contributed by atoms with E-state index in [1.54, 1.807) is 0 Å². The fourth-order valence-electron chi connectivity index (χ4n) is 1.95. The number of nitrogens with zero attached hydrogens (tertiary/aromatic N) is 1. The maximum atomic E-state index is 5.94. The number of hydrogen-bond acceptors (Lipinski definition) is 3. The Morgan fingerprint density at radius 1 is 1.67 bits per heavy atom. The molecule has 0 aliphatic heterocycles. The topological polar surface area (TPSA) is 47.6 Å². The van der Waals surface area contributed by atoms with Crippen molar-refractivity contribution in [1.29, 1.82) is 0 Å². The van der Waals surface area contributed by atoms with Gasteiger partial charge in [0.15, 0.2) is 0 Å². The largest absolute Gasteiger partial charge is 0.396 e. The quantitative estimate of drug-likeness (QED) is 0.489. The van der Waals surface area contributed by atoms with Crippen LogP contribution in [0.3, 0.4) is 0 Å². The van der Waals surface area contributed by atoms with Crippen LogP contribution in [0.4, 0.5) is 0 Å². The lowest BCUT2D eigenvalue weighted by atomic mass is 10.0. The number of allylic oxidation sites excluding steroid dienone is 1. The molecule has 0 spiro atoms. The van der Waals surface area contributed by atoms with Crippen molar-refractivity contribution in [2.45, 2.75) is 19.4 Å². The normalized spacial score (nSPS) is 41.2. The highest BCUT2D eigenvalue weighted by Gasteiger charge is 2.39. The van der Waals surface area contributed by atoms with Crippen LogP contribution in [0.1, 0.15) is 13.3 Å². The minimum Gasteiger partial charge on any atom is -0.396 e. The second-order valence-electron chi connectivity index (χ2n) is 3.35. The third kappa shape index (κ3) is 1.05. The minimum absolute atomic E-state index is 0.103. The first-order chi connectivity index (χ1) is 5.83. The molecular weight excluding hydrogens is 152 g/mol. The van der Waals surface area contributed by atoms with Crippen LogP contribution in [0.15, 0.2) is 17.3 Å². The summed E-state index contributed by atoms with van der Waals surface area (Å²) in [6.45, 7) is 2.55. The van der Waals surface area contributed by atoms with Gasteiger partial charge in [-0.3, -0.25) is 0 Å². The van der Waals surface area contributed by atoms with E-state index in [-0.39, 0.29) is 6.04 Å². The number of fused-ring (bicyclic) bond motifs is 2. The molecule has 0 aromatic carbocycles. The molecule has 2 aliphatic rings. The molecule has 66 valence electrons. The summed E-state index contributed by atoms with van der Waals surface area (Å²) in [7, 11) is 0. The van der Waals surface area contributed by atoms with Gasteiger partial charge in [-0.15, -0.1) is 0 Å². The number of oxime groups is 1. The third-order valence-electron chi connectivity index (χ3n) is 2.60. The van der Waals surface area contributed by atoms with Crippen molar-refractivity contribution in [2.24, 2.45) is 22.7 Å². The molecule has 3 heteroatoms. The van der Waals surface area contributed by atoms with Gasteiger partial charge in [0.05, 0.1) is 11.8 Å². The monoisotopic (exact) mass is 166 g/mol. The Morgan fingerprint density at radius 2 is 2.50 bits per heavy atom. The Labute approximate surface area is 72.3 Å². The van der Waals surface area contributed by atoms with E-state index in [1.165, 1.54) is 0 Å². The van der Waals surface area contributed by atoms with E-state index >= 15 is 0 Å². The molecule has 3 nitrogen and oxygen atoms in total. The van der Waals surface area contributed by atoms with Gasteiger partial charge in [-0.25, -0.2) is 0 Å². The Balaban J connectivity index is 2.12. The second-order valence-corrected chi connectivity index (χ2v) is 3.35. The number of rotatable bonds is 2. The summed E-state index contributed by atoms with van der Waals surface area (Å²) in [6, 6.07) is 0.103. The van der Waals surface area contributed by atoms with Crippen LogP contribution in [-0.2, 0) is 4.84 Å². The molecule has 0 amide bonds. The van der Waals surface area contributed by atoms with Crippen molar-refractivity contribution >= 4 is 5.71 Å². The van der Waals surface area contributed by atoms with E-state index < -0.39 is 0 Å². The molecule has 12 heavy (non-hydrogen) atoms. The van der Waals surface area contributed by atoms with Gasteiger partial charge in [0, 0.05) is 5.92 Å². The highest BCUT2D eigenvalue weighted by molar-refractivity contribution is 5.96. The third-order valence-corrected chi connectivity index (χ3v) is 2.60. The highest BCUT2D eigenvalue weighted by Crippen LogP contribution is 2.36. The minimum atomic E-state index is 0.103. The lowest BCUT2D eigenvalue weighted by Crippen LogP contribution is -2.34. The van der Waals surface area contributed by atoms with Crippen molar-refractivity contribution in [3.8, 4) is 0 Å². The lowest BCUT2D eigenvalue weighted by molar-refractivity contribution is 0.157. The molecule has 2 aliphatic carbocycles. The second kappa shape index (κ2) is 2.90. The van der Waals surface area contributed by atoms with E-state index in [4.69, 9.17) is 10.6 Å². The van der Waals surface area contributed by atoms with Gasteiger partial charge < -0.3 is 10.6 Å². The van der Waals surface area contributed by atoms with Crippen LogP contribution in [0, 0.1) is 11.8 Å². The van der Waals surface area contributed by atoms with Crippen molar-refractivity contribution in [2.75, 3.05) is 6.61 Å². The van der Waals surface area contributed by atoms with Gasteiger partial charge in [0.25, 0.3) is 0 Å². The zero-order chi connectivity index (χ0) is 8.55. The van der Waals surface area contributed by atoms with Gasteiger partial charge in [0.2, 0.25) is 0 Å². The Hall–Kier alpha value is -0.830. The maximum absolute atomic E-state index is 5.94. The smallest absolute Gasteiger partial charge is 0.114 e. The molecule has 0 aromatic heterocycles. The van der Waals surface area contributed by atoms with Crippen molar-refractivity contribution in [3.63, 3.8) is 0 Å². The van der Waals surface area contributed by atoms with Gasteiger partial charge in [-0.05, 0) is 19.3 Å². The molecule has 2 bridgehead atoms.